The largest absolute Gasteiger partial charge is 0.203 e. The van der Waals surface area contributed by atoms with Gasteiger partial charge in [-0.15, -0.1) is 0 Å². The van der Waals surface area contributed by atoms with Crippen LogP contribution in [0.3, 0.4) is 0 Å². The van der Waals surface area contributed by atoms with Crippen LogP contribution in [0.15, 0.2) is 4.47 Å². The fourth-order valence-electron chi connectivity index (χ4n) is 2.14. The van der Waals surface area contributed by atoms with Gasteiger partial charge in [0.2, 0.25) is 0 Å². The molecule has 104 valence electrons. The average molecular weight is 357 g/mol. The van der Waals surface area contributed by atoms with Gasteiger partial charge >= 0.3 is 0 Å². The lowest BCUT2D eigenvalue weighted by atomic mass is 9.79. The summed E-state index contributed by atoms with van der Waals surface area (Å²) < 4.78 is 92.7. The maximum Gasteiger partial charge on any atom is 0.198 e. The van der Waals surface area contributed by atoms with Crippen LogP contribution in [0.2, 0.25) is 0 Å². The van der Waals surface area contributed by atoms with Gasteiger partial charge in [0, 0.05) is 22.3 Å². The van der Waals surface area contributed by atoms with Crippen molar-refractivity contribution in [1.29, 1.82) is 0 Å². The van der Waals surface area contributed by atoms with Gasteiger partial charge in [-0.25, -0.2) is 30.7 Å². The van der Waals surface area contributed by atoms with Crippen molar-refractivity contribution in [3.63, 3.8) is 0 Å². The minimum atomic E-state index is -2.15. The summed E-state index contributed by atoms with van der Waals surface area (Å²) in [4.78, 5) is 0. The second-order valence-corrected chi connectivity index (χ2v) is 4.80. The van der Waals surface area contributed by atoms with Crippen molar-refractivity contribution < 1.29 is 30.7 Å². The Bertz CT molecular complexity index is 650. The molecule has 0 heterocycles. The molecule has 0 aromatic heterocycles. The van der Waals surface area contributed by atoms with Gasteiger partial charge in [-0.1, -0.05) is 0 Å². The zero-order chi connectivity index (χ0) is 14.9. The van der Waals surface area contributed by atoms with Crippen molar-refractivity contribution >= 4 is 15.9 Å². The second-order valence-electron chi connectivity index (χ2n) is 4.01. The van der Waals surface area contributed by atoms with E-state index in [1.54, 1.807) is 0 Å². The van der Waals surface area contributed by atoms with Crippen molar-refractivity contribution in [2.75, 3.05) is 0 Å². The number of fused-ring (bicyclic) bond motifs is 4. The topological polar surface area (TPSA) is 0 Å². The van der Waals surface area contributed by atoms with Gasteiger partial charge in [0.15, 0.2) is 40.7 Å². The number of rotatable bonds is 0. The van der Waals surface area contributed by atoms with Crippen molar-refractivity contribution in [1.82, 2.24) is 0 Å². The van der Waals surface area contributed by atoms with Crippen LogP contribution < -0.4 is 0 Å². The molecule has 0 aliphatic heterocycles. The molecular formula is C12BrF7. The zero-order valence-corrected chi connectivity index (χ0v) is 10.6. The summed E-state index contributed by atoms with van der Waals surface area (Å²) in [6.07, 6.45) is 0. The van der Waals surface area contributed by atoms with Crippen LogP contribution in [0, 0.1) is 40.7 Å². The number of hydrogen-bond donors (Lipinski definition) is 0. The van der Waals surface area contributed by atoms with E-state index in [1.807, 2.05) is 0 Å². The van der Waals surface area contributed by atoms with E-state index < -0.39 is 67.4 Å². The lowest BCUT2D eigenvalue weighted by molar-refractivity contribution is 0.408. The van der Waals surface area contributed by atoms with E-state index in [9.17, 15) is 30.7 Å². The minimum Gasteiger partial charge on any atom is -0.203 e. The highest BCUT2D eigenvalue weighted by Crippen LogP contribution is 2.56. The van der Waals surface area contributed by atoms with Crippen LogP contribution in [0.1, 0.15) is 0 Å². The molecule has 0 radical (unpaired) electrons. The van der Waals surface area contributed by atoms with Gasteiger partial charge in [-0.05, 0) is 15.9 Å². The smallest absolute Gasteiger partial charge is 0.198 e. The summed E-state index contributed by atoms with van der Waals surface area (Å²) >= 11 is 2.55. The van der Waals surface area contributed by atoms with Crippen molar-refractivity contribution in [2.24, 2.45) is 0 Å². The minimum absolute atomic E-state index is 0.577. The normalized spacial score (nSPS) is 12.0. The first-order chi connectivity index (χ1) is 9.29. The predicted octanol–water partition coefficient (Wildman–Crippen LogP) is 5.07. The van der Waals surface area contributed by atoms with E-state index in [-0.39, 0.29) is 0 Å². The molecule has 2 aromatic carbocycles. The van der Waals surface area contributed by atoms with Gasteiger partial charge in [0.25, 0.3) is 0 Å². The second kappa shape index (κ2) is 3.97. The lowest BCUT2D eigenvalue weighted by Gasteiger charge is -2.27. The summed E-state index contributed by atoms with van der Waals surface area (Å²) in [7, 11) is 0. The lowest BCUT2D eigenvalue weighted by Crippen LogP contribution is -2.15. The molecule has 1 aliphatic carbocycles. The van der Waals surface area contributed by atoms with Gasteiger partial charge in [0.1, 0.15) is 0 Å². The van der Waals surface area contributed by atoms with E-state index in [0.29, 0.717) is 0 Å². The quantitative estimate of drug-likeness (QED) is 0.299. The maximum atomic E-state index is 13.6. The van der Waals surface area contributed by atoms with Crippen LogP contribution in [0.25, 0.3) is 22.3 Å². The van der Waals surface area contributed by atoms with Gasteiger partial charge in [-0.3, -0.25) is 0 Å². The fraction of sp³-hybridized carbons (Fsp3) is 0. The predicted molar refractivity (Wildman–Crippen MR) is 58.3 cm³/mol. The summed E-state index contributed by atoms with van der Waals surface area (Å²) in [5.74, 6) is -13.3. The number of hydrogen-bond acceptors (Lipinski definition) is 0. The monoisotopic (exact) mass is 356 g/mol. The summed E-state index contributed by atoms with van der Waals surface area (Å²) in [5.41, 5.74) is -3.19. The Morgan fingerprint density at radius 1 is 0.400 bits per heavy atom. The number of benzene rings is 2. The van der Waals surface area contributed by atoms with E-state index >= 15 is 0 Å². The third-order valence-corrected chi connectivity index (χ3v) is 3.78. The Morgan fingerprint density at radius 3 is 1.15 bits per heavy atom. The fourth-order valence-corrected chi connectivity index (χ4v) is 2.71. The first-order valence-corrected chi connectivity index (χ1v) is 5.80. The van der Waals surface area contributed by atoms with Crippen molar-refractivity contribution in [2.45, 2.75) is 0 Å². The summed E-state index contributed by atoms with van der Waals surface area (Å²) in [5, 5.41) is 0. The Morgan fingerprint density at radius 2 is 0.700 bits per heavy atom. The first-order valence-electron chi connectivity index (χ1n) is 5.01. The van der Waals surface area contributed by atoms with E-state index in [1.165, 1.54) is 0 Å². The van der Waals surface area contributed by atoms with Crippen molar-refractivity contribution in [3.05, 3.63) is 45.2 Å². The molecule has 0 saturated carbocycles. The molecule has 0 N–H and O–H groups in total. The molecule has 20 heavy (non-hydrogen) atoms. The molecule has 8 heteroatoms. The molecular weight excluding hydrogens is 357 g/mol. The molecule has 3 rings (SSSR count). The highest BCUT2D eigenvalue weighted by atomic mass is 79.9. The van der Waals surface area contributed by atoms with E-state index in [4.69, 9.17) is 0 Å². The molecule has 0 unspecified atom stereocenters. The molecule has 0 fully saturated rings. The van der Waals surface area contributed by atoms with Crippen LogP contribution in [0.5, 0.6) is 0 Å². The Kier molecular flexibility index (Phi) is 2.66. The van der Waals surface area contributed by atoms with Crippen LogP contribution in [-0.4, -0.2) is 0 Å². The van der Waals surface area contributed by atoms with Crippen molar-refractivity contribution in [3.8, 4) is 22.3 Å². The third-order valence-electron chi connectivity index (χ3n) is 3.03. The summed E-state index contributed by atoms with van der Waals surface area (Å²) in [6, 6.07) is 0. The molecule has 0 spiro atoms. The van der Waals surface area contributed by atoms with E-state index in [0.717, 1.165) is 0 Å². The van der Waals surface area contributed by atoms with Crippen LogP contribution >= 0.6 is 15.9 Å². The molecule has 1 aliphatic rings. The average Bonchev–Trinajstić information content (AvgIpc) is 2.39. The van der Waals surface area contributed by atoms with Gasteiger partial charge in [-0.2, -0.15) is 0 Å². The SMILES string of the molecule is Fc1c(F)c(F)c2c(c1F)-c1c(F)c(F)c(F)c(Br)c1-2. The molecule has 2 aromatic rings. The maximum absolute atomic E-state index is 13.6. The third kappa shape index (κ3) is 1.32. The molecule has 0 atom stereocenters. The van der Waals surface area contributed by atoms with Gasteiger partial charge in [0.05, 0.1) is 4.47 Å². The number of halogens is 8. The molecule has 0 saturated heterocycles. The van der Waals surface area contributed by atoms with Crippen LogP contribution in [0.4, 0.5) is 30.7 Å². The highest BCUT2D eigenvalue weighted by Gasteiger charge is 2.41. The Labute approximate surface area is 115 Å². The summed E-state index contributed by atoms with van der Waals surface area (Å²) in [6.45, 7) is 0. The van der Waals surface area contributed by atoms with Crippen LogP contribution in [-0.2, 0) is 0 Å². The standard InChI is InChI=1S/C12BrF7/c13-5-1-2(6(14)10(18)9(5)17)4-3(1)7(15)11(19)12(20)8(4)16. The van der Waals surface area contributed by atoms with Gasteiger partial charge < -0.3 is 0 Å². The highest BCUT2D eigenvalue weighted by molar-refractivity contribution is 9.10. The molecule has 0 bridgehead atoms. The molecule has 0 nitrogen and oxygen atoms in total. The Hall–Kier alpha value is -1.57. The first kappa shape index (κ1) is 13.4. The van der Waals surface area contributed by atoms with E-state index in [2.05, 4.69) is 15.9 Å². The Balaban J connectivity index is 2.49. The zero-order valence-electron chi connectivity index (χ0n) is 9.02. The molecule has 0 amide bonds.